The standard InChI is InChI=1S/C10H12BrNO3/c11-9-3-1-2-8(6-9)7-15-10(14)12-4-5-13/h1-3,6,13H,4-5,7H2,(H,12,14). The summed E-state index contributed by atoms with van der Waals surface area (Å²) in [4.78, 5) is 11.0. The average molecular weight is 274 g/mol. The number of aliphatic hydroxyl groups excluding tert-OH is 1. The summed E-state index contributed by atoms with van der Waals surface area (Å²) < 4.78 is 5.85. The fourth-order valence-electron chi connectivity index (χ4n) is 0.985. The summed E-state index contributed by atoms with van der Waals surface area (Å²) in [5, 5.41) is 10.9. The maximum Gasteiger partial charge on any atom is 0.407 e. The van der Waals surface area contributed by atoms with Crippen LogP contribution in [0.4, 0.5) is 4.79 Å². The van der Waals surface area contributed by atoms with Crippen LogP contribution in [0.25, 0.3) is 0 Å². The summed E-state index contributed by atoms with van der Waals surface area (Å²) in [6.07, 6.45) is -0.524. The van der Waals surface area contributed by atoms with Crippen molar-refractivity contribution in [1.82, 2.24) is 5.32 Å². The van der Waals surface area contributed by atoms with Gasteiger partial charge in [-0.15, -0.1) is 0 Å². The lowest BCUT2D eigenvalue weighted by Crippen LogP contribution is -2.26. The molecule has 0 bridgehead atoms. The molecule has 1 amide bonds. The van der Waals surface area contributed by atoms with Gasteiger partial charge in [-0.05, 0) is 17.7 Å². The van der Waals surface area contributed by atoms with E-state index in [0.29, 0.717) is 0 Å². The third kappa shape index (κ3) is 4.80. The number of carbonyl (C=O) groups excluding carboxylic acids is 1. The summed E-state index contributed by atoms with van der Waals surface area (Å²) in [6, 6.07) is 7.51. The molecule has 0 aliphatic heterocycles. The van der Waals surface area contributed by atoms with Crippen molar-refractivity contribution in [3.63, 3.8) is 0 Å². The molecule has 0 fully saturated rings. The van der Waals surface area contributed by atoms with Crippen LogP contribution in [0.3, 0.4) is 0 Å². The monoisotopic (exact) mass is 273 g/mol. The van der Waals surface area contributed by atoms with Crippen LogP contribution < -0.4 is 5.32 Å². The van der Waals surface area contributed by atoms with Gasteiger partial charge in [0.05, 0.1) is 6.61 Å². The molecule has 5 heteroatoms. The van der Waals surface area contributed by atoms with Gasteiger partial charge >= 0.3 is 6.09 Å². The molecule has 1 aromatic rings. The van der Waals surface area contributed by atoms with Gasteiger partial charge in [0.1, 0.15) is 6.61 Å². The first kappa shape index (κ1) is 12.0. The Morgan fingerprint density at radius 1 is 1.53 bits per heavy atom. The molecule has 0 aliphatic carbocycles. The summed E-state index contributed by atoms with van der Waals surface area (Å²) in [5.74, 6) is 0. The van der Waals surface area contributed by atoms with Crippen molar-refractivity contribution in [3.8, 4) is 0 Å². The van der Waals surface area contributed by atoms with Gasteiger partial charge in [-0.2, -0.15) is 0 Å². The number of alkyl carbamates (subject to hydrolysis) is 1. The van der Waals surface area contributed by atoms with E-state index in [-0.39, 0.29) is 19.8 Å². The van der Waals surface area contributed by atoms with Gasteiger partial charge in [-0.25, -0.2) is 4.79 Å². The number of amides is 1. The first-order valence-electron chi connectivity index (χ1n) is 4.48. The first-order valence-corrected chi connectivity index (χ1v) is 5.27. The zero-order valence-electron chi connectivity index (χ0n) is 8.07. The Balaban J connectivity index is 2.33. The molecule has 0 unspecified atom stereocenters. The predicted molar refractivity (Wildman–Crippen MR) is 59.4 cm³/mol. The van der Waals surface area contributed by atoms with Crippen LogP contribution in [0, 0.1) is 0 Å². The molecule has 1 rings (SSSR count). The van der Waals surface area contributed by atoms with Gasteiger partial charge in [0.25, 0.3) is 0 Å². The molecule has 0 saturated carbocycles. The van der Waals surface area contributed by atoms with Gasteiger partial charge < -0.3 is 15.2 Å². The van der Waals surface area contributed by atoms with Gasteiger partial charge in [0.15, 0.2) is 0 Å². The van der Waals surface area contributed by atoms with Crippen molar-refractivity contribution in [2.24, 2.45) is 0 Å². The fraction of sp³-hybridized carbons (Fsp3) is 0.300. The molecule has 0 radical (unpaired) electrons. The molecule has 2 N–H and O–H groups in total. The topological polar surface area (TPSA) is 58.6 Å². The lowest BCUT2D eigenvalue weighted by atomic mass is 10.2. The summed E-state index contributed by atoms with van der Waals surface area (Å²) >= 11 is 3.32. The highest BCUT2D eigenvalue weighted by atomic mass is 79.9. The van der Waals surface area contributed by atoms with Gasteiger partial charge in [0, 0.05) is 11.0 Å². The molecule has 4 nitrogen and oxygen atoms in total. The molecule has 0 spiro atoms. The number of aliphatic hydroxyl groups is 1. The van der Waals surface area contributed by atoms with Crippen LogP contribution in [0.15, 0.2) is 28.7 Å². The Morgan fingerprint density at radius 3 is 3.00 bits per heavy atom. The third-order valence-corrected chi connectivity index (χ3v) is 2.13. The quantitative estimate of drug-likeness (QED) is 0.878. The second-order valence-electron chi connectivity index (χ2n) is 2.86. The smallest absolute Gasteiger partial charge is 0.407 e. The molecule has 82 valence electrons. The van der Waals surface area contributed by atoms with Gasteiger partial charge in [-0.1, -0.05) is 28.1 Å². The van der Waals surface area contributed by atoms with Crippen molar-refractivity contribution in [2.75, 3.05) is 13.2 Å². The molecule has 0 aliphatic rings. The minimum atomic E-state index is -0.524. The molecule has 15 heavy (non-hydrogen) atoms. The zero-order valence-corrected chi connectivity index (χ0v) is 9.66. The number of ether oxygens (including phenoxy) is 1. The number of rotatable bonds is 4. The Bertz CT molecular complexity index is 330. The summed E-state index contributed by atoms with van der Waals surface area (Å²) in [5.41, 5.74) is 0.906. The largest absolute Gasteiger partial charge is 0.445 e. The number of carbonyl (C=O) groups is 1. The van der Waals surface area contributed by atoms with Gasteiger partial charge in [-0.3, -0.25) is 0 Å². The Labute approximate surface area is 96.4 Å². The lowest BCUT2D eigenvalue weighted by molar-refractivity contribution is 0.137. The van der Waals surface area contributed by atoms with E-state index < -0.39 is 6.09 Å². The third-order valence-electron chi connectivity index (χ3n) is 1.64. The van der Waals surface area contributed by atoms with Crippen molar-refractivity contribution in [2.45, 2.75) is 6.61 Å². The van der Waals surface area contributed by atoms with E-state index in [4.69, 9.17) is 9.84 Å². The summed E-state index contributed by atoms with van der Waals surface area (Å²) in [6.45, 7) is 0.333. The van der Waals surface area contributed by atoms with E-state index in [1.807, 2.05) is 24.3 Å². The van der Waals surface area contributed by atoms with Crippen LogP contribution in [0.1, 0.15) is 5.56 Å². The first-order chi connectivity index (χ1) is 7.22. The molecule has 0 heterocycles. The van der Waals surface area contributed by atoms with E-state index in [9.17, 15) is 4.79 Å². The minimum Gasteiger partial charge on any atom is -0.445 e. The van der Waals surface area contributed by atoms with Crippen LogP contribution >= 0.6 is 15.9 Å². The minimum absolute atomic E-state index is 0.0913. The maximum absolute atomic E-state index is 11.0. The summed E-state index contributed by atoms with van der Waals surface area (Å²) in [7, 11) is 0. The second kappa shape index (κ2) is 6.42. The normalized spacial score (nSPS) is 9.73. The van der Waals surface area contributed by atoms with Crippen LogP contribution in [0.5, 0.6) is 0 Å². The number of benzene rings is 1. The fourth-order valence-corrected chi connectivity index (χ4v) is 1.43. The molecular formula is C10H12BrNO3. The SMILES string of the molecule is O=C(NCCO)OCc1cccc(Br)c1. The van der Waals surface area contributed by atoms with Crippen molar-refractivity contribution >= 4 is 22.0 Å². The molecule has 0 atom stereocenters. The van der Waals surface area contributed by atoms with E-state index in [1.54, 1.807) is 0 Å². The highest BCUT2D eigenvalue weighted by Gasteiger charge is 2.01. The Kier molecular flexibility index (Phi) is 5.14. The van der Waals surface area contributed by atoms with Crippen LogP contribution in [-0.4, -0.2) is 24.4 Å². The van der Waals surface area contributed by atoms with E-state index in [2.05, 4.69) is 21.2 Å². The molecule has 0 saturated heterocycles. The number of halogens is 1. The Hall–Kier alpha value is -1.07. The van der Waals surface area contributed by atoms with Crippen molar-refractivity contribution in [3.05, 3.63) is 34.3 Å². The zero-order chi connectivity index (χ0) is 11.1. The Morgan fingerprint density at radius 2 is 2.33 bits per heavy atom. The van der Waals surface area contributed by atoms with Crippen molar-refractivity contribution < 1.29 is 14.6 Å². The van der Waals surface area contributed by atoms with E-state index in [1.165, 1.54) is 0 Å². The van der Waals surface area contributed by atoms with Crippen LogP contribution in [0.2, 0.25) is 0 Å². The molecular weight excluding hydrogens is 262 g/mol. The van der Waals surface area contributed by atoms with E-state index >= 15 is 0 Å². The molecule has 1 aromatic carbocycles. The highest BCUT2D eigenvalue weighted by Crippen LogP contribution is 2.12. The lowest BCUT2D eigenvalue weighted by Gasteiger charge is -2.05. The molecule has 0 aromatic heterocycles. The number of hydrogen-bond acceptors (Lipinski definition) is 3. The highest BCUT2D eigenvalue weighted by molar-refractivity contribution is 9.10. The van der Waals surface area contributed by atoms with Gasteiger partial charge in [0.2, 0.25) is 0 Å². The van der Waals surface area contributed by atoms with Crippen molar-refractivity contribution in [1.29, 1.82) is 0 Å². The predicted octanol–water partition coefficient (Wildman–Crippen LogP) is 1.67. The average Bonchev–Trinajstić information content (AvgIpc) is 2.23. The number of nitrogens with one attached hydrogen (secondary N) is 1. The number of hydrogen-bond donors (Lipinski definition) is 2. The van der Waals surface area contributed by atoms with E-state index in [0.717, 1.165) is 10.0 Å². The maximum atomic E-state index is 11.0. The second-order valence-corrected chi connectivity index (χ2v) is 3.77. The van der Waals surface area contributed by atoms with Crippen LogP contribution in [-0.2, 0) is 11.3 Å².